The van der Waals surface area contributed by atoms with Gasteiger partial charge in [-0.1, -0.05) is 12.1 Å². The van der Waals surface area contributed by atoms with Crippen LogP contribution in [0.2, 0.25) is 0 Å². The summed E-state index contributed by atoms with van der Waals surface area (Å²) in [4.78, 5) is 24.3. The first kappa shape index (κ1) is 22.4. The van der Waals surface area contributed by atoms with Crippen molar-refractivity contribution in [3.8, 4) is 0 Å². The highest BCUT2D eigenvalue weighted by Crippen LogP contribution is 2.19. The maximum atomic E-state index is 12.4. The second kappa shape index (κ2) is 9.53. The number of hydrogen-bond acceptors (Lipinski definition) is 6. The number of ether oxygens (including phenoxy) is 1. The minimum absolute atomic E-state index is 0.127. The molecule has 0 aliphatic heterocycles. The van der Waals surface area contributed by atoms with E-state index in [9.17, 15) is 18.0 Å². The van der Waals surface area contributed by atoms with Crippen molar-refractivity contribution in [1.29, 1.82) is 0 Å². The lowest BCUT2D eigenvalue weighted by molar-refractivity contribution is -0.119. The Bertz CT molecular complexity index is 972. The van der Waals surface area contributed by atoms with E-state index in [0.29, 0.717) is 16.9 Å². The third-order valence-electron chi connectivity index (χ3n) is 4.29. The summed E-state index contributed by atoms with van der Waals surface area (Å²) in [6, 6.07) is 12.4. The van der Waals surface area contributed by atoms with E-state index in [1.165, 1.54) is 35.6 Å². The lowest BCUT2D eigenvalue weighted by atomic mass is 10.2. The van der Waals surface area contributed by atoms with E-state index < -0.39 is 28.5 Å². The fraction of sp³-hybridized carbons (Fsp3) is 0.300. The van der Waals surface area contributed by atoms with Crippen molar-refractivity contribution < 1.29 is 22.7 Å². The molecule has 1 amide bonds. The number of hydrogen-bond donors (Lipinski definition) is 2. The number of nitrogens with zero attached hydrogens (tertiary/aromatic N) is 1. The predicted octanol–water partition coefficient (Wildman–Crippen LogP) is 2.55. The Hall–Kier alpha value is -2.91. The highest BCUT2D eigenvalue weighted by Gasteiger charge is 2.23. The van der Waals surface area contributed by atoms with Crippen LogP contribution in [0.1, 0.15) is 24.2 Å². The van der Waals surface area contributed by atoms with Crippen LogP contribution >= 0.6 is 0 Å². The average Bonchev–Trinajstić information content (AvgIpc) is 2.71. The smallest absolute Gasteiger partial charge is 0.340 e. The number of para-hydroxylation sites is 1. The second-order valence-electron chi connectivity index (χ2n) is 6.56. The van der Waals surface area contributed by atoms with E-state index in [4.69, 9.17) is 4.74 Å². The highest BCUT2D eigenvalue weighted by atomic mass is 32.2. The van der Waals surface area contributed by atoms with Gasteiger partial charge in [0, 0.05) is 31.5 Å². The van der Waals surface area contributed by atoms with Gasteiger partial charge >= 0.3 is 5.97 Å². The fourth-order valence-electron chi connectivity index (χ4n) is 2.44. The van der Waals surface area contributed by atoms with Crippen LogP contribution in [-0.2, 0) is 19.6 Å². The van der Waals surface area contributed by atoms with Crippen LogP contribution in [0, 0.1) is 0 Å². The average molecular weight is 420 g/mol. The Labute approximate surface area is 170 Å². The van der Waals surface area contributed by atoms with Crippen molar-refractivity contribution in [2.24, 2.45) is 0 Å². The monoisotopic (exact) mass is 419 g/mol. The molecule has 0 aliphatic carbocycles. The van der Waals surface area contributed by atoms with Gasteiger partial charge in [0.1, 0.15) is 0 Å². The molecule has 0 bridgehead atoms. The zero-order valence-corrected chi connectivity index (χ0v) is 17.6. The Morgan fingerprint density at radius 2 is 1.69 bits per heavy atom. The minimum atomic E-state index is -3.60. The molecule has 156 valence electrons. The first-order valence-corrected chi connectivity index (χ1v) is 10.4. The third kappa shape index (κ3) is 5.55. The van der Waals surface area contributed by atoms with E-state index in [-0.39, 0.29) is 10.9 Å². The molecule has 0 atom stereocenters. The normalized spacial score (nSPS) is 11.4. The minimum Gasteiger partial charge on any atom is -0.452 e. The van der Waals surface area contributed by atoms with E-state index in [1.54, 1.807) is 45.2 Å². The number of anilines is 2. The number of amides is 1. The van der Waals surface area contributed by atoms with Gasteiger partial charge in [-0.15, -0.1) is 0 Å². The molecule has 0 saturated heterocycles. The van der Waals surface area contributed by atoms with E-state index in [2.05, 4.69) is 10.6 Å². The van der Waals surface area contributed by atoms with E-state index in [1.807, 2.05) is 0 Å². The zero-order chi connectivity index (χ0) is 21.6. The SMILES string of the molecule is CNc1ccccc1C(=O)OCC(=O)Nc1ccc(S(=O)(=O)N(C)C(C)C)cc1. The molecule has 0 fully saturated rings. The van der Waals surface area contributed by atoms with Gasteiger partial charge in [-0.25, -0.2) is 13.2 Å². The summed E-state index contributed by atoms with van der Waals surface area (Å²) >= 11 is 0. The third-order valence-corrected chi connectivity index (χ3v) is 6.34. The second-order valence-corrected chi connectivity index (χ2v) is 8.56. The molecule has 0 saturated carbocycles. The number of sulfonamides is 1. The van der Waals surface area contributed by atoms with E-state index >= 15 is 0 Å². The van der Waals surface area contributed by atoms with Crippen molar-refractivity contribution >= 4 is 33.3 Å². The van der Waals surface area contributed by atoms with Gasteiger partial charge in [0.2, 0.25) is 10.0 Å². The number of benzene rings is 2. The molecule has 29 heavy (non-hydrogen) atoms. The molecule has 0 radical (unpaired) electrons. The highest BCUT2D eigenvalue weighted by molar-refractivity contribution is 7.89. The summed E-state index contributed by atoms with van der Waals surface area (Å²) in [7, 11) is -0.405. The van der Waals surface area contributed by atoms with E-state index in [0.717, 1.165) is 0 Å². The van der Waals surface area contributed by atoms with Gasteiger partial charge in [0.05, 0.1) is 10.5 Å². The van der Waals surface area contributed by atoms with Crippen molar-refractivity contribution in [3.63, 3.8) is 0 Å². The Balaban J connectivity index is 1.97. The quantitative estimate of drug-likeness (QED) is 0.637. The summed E-state index contributed by atoms with van der Waals surface area (Å²) in [6.45, 7) is 3.10. The van der Waals surface area contributed by atoms with Gasteiger partial charge in [-0.2, -0.15) is 4.31 Å². The summed E-state index contributed by atoms with van der Waals surface area (Å²) in [5, 5.41) is 5.45. The molecular weight excluding hydrogens is 394 g/mol. The largest absolute Gasteiger partial charge is 0.452 e. The van der Waals surface area contributed by atoms with Crippen LogP contribution in [0.25, 0.3) is 0 Å². The Kier molecular flexibility index (Phi) is 7.35. The Morgan fingerprint density at radius 1 is 1.07 bits per heavy atom. The maximum absolute atomic E-state index is 12.4. The number of rotatable bonds is 8. The number of esters is 1. The van der Waals surface area contributed by atoms with Gasteiger partial charge in [0.15, 0.2) is 6.61 Å². The summed E-state index contributed by atoms with van der Waals surface area (Å²) in [5.41, 5.74) is 1.32. The van der Waals surface area contributed by atoms with Crippen molar-refractivity contribution in [1.82, 2.24) is 4.31 Å². The van der Waals surface area contributed by atoms with Crippen LogP contribution in [0.4, 0.5) is 11.4 Å². The molecule has 0 unspecified atom stereocenters. The molecule has 9 heteroatoms. The first-order valence-electron chi connectivity index (χ1n) is 8.98. The molecule has 0 aromatic heterocycles. The number of carbonyl (C=O) groups excluding carboxylic acids is 2. The molecule has 8 nitrogen and oxygen atoms in total. The van der Waals surface area contributed by atoms with Gasteiger partial charge in [-0.3, -0.25) is 4.79 Å². The lowest BCUT2D eigenvalue weighted by Crippen LogP contribution is -2.33. The van der Waals surface area contributed by atoms with Crippen molar-refractivity contribution in [2.75, 3.05) is 31.3 Å². The summed E-state index contributed by atoms with van der Waals surface area (Å²) in [6.07, 6.45) is 0. The summed E-state index contributed by atoms with van der Waals surface area (Å²) < 4.78 is 31.2. The zero-order valence-electron chi connectivity index (χ0n) is 16.8. The fourth-order valence-corrected chi connectivity index (χ4v) is 3.81. The number of carbonyl (C=O) groups is 2. The molecule has 2 rings (SSSR count). The maximum Gasteiger partial charge on any atom is 0.340 e. The van der Waals surface area contributed by atoms with Gasteiger partial charge < -0.3 is 15.4 Å². The molecule has 2 aromatic carbocycles. The van der Waals surface area contributed by atoms with Crippen LogP contribution in [0.15, 0.2) is 53.4 Å². The molecular formula is C20H25N3O5S. The van der Waals surface area contributed by atoms with Crippen molar-refractivity contribution in [2.45, 2.75) is 24.8 Å². The topological polar surface area (TPSA) is 105 Å². The molecule has 0 spiro atoms. The van der Waals surface area contributed by atoms with Crippen LogP contribution < -0.4 is 10.6 Å². The molecule has 2 aromatic rings. The molecule has 2 N–H and O–H groups in total. The van der Waals surface area contributed by atoms with Crippen LogP contribution in [-0.4, -0.2) is 51.3 Å². The van der Waals surface area contributed by atoms with Gasteiger partial charge in [-0.05, 0) is 50.2 Å². The van der Waals surface area contributed by atoms with Crippen LogP contribution in [0.3, 0.4) is 0 Å². The van der Waals surface area contributed by atoms with Crippen molar-refractivity contribution in [3.05, 3.63) is 54.1 Å². The summed E-state index contributed by atoms with van der Waals surface area (Å²) in [5.74, 6) is -1.15. The standard InChI is InChI=1S/C20H25N3O5S/c1-14(2)23(4)29(26,27)16-11-9-15(10-12-16)22-19(24)13-28-20(25)17-7-5-6-8-18(17)21-3/h5-12,14,21H,13H2,1-4H3,(H,22,24). The first-order chi connectivity index (χ1) is 13.7. The lowest BCUT2D eigenvalue weighted by Gasteiger charge is -2.21. The Morgan fingerprint density at radius 3 is 2.28 bits per heavy atom. The predicted molar refractivity (Wildman–Crippen MR) is 111 cm³/mol. The van der Waals surface area contributed by atoms with Crippen LogP contribution in [0.5, 0.6) is 0 Å². The molecule has 0 heterocycles. The van der Waals surface area contributed by atoms with Gasteiger partial charge in [0.25, 0.3) is 5.91 Å². The number of nitrogens with one attached hydrogen (secondary N) is 2. The molecule has 0 aliphatic rings.